The molecule has 0 bridgehead atoms. The van der Waals surface area contributed by atoms with Gasteiger partial charge in [-0.3, -0.25) is 0 Å². The van der Waals surface area contributed by atoms with Crippen LogP contribution < -0.4 is 9.80 Å². The van der Waals surface area contributed by atoms with Gasteiger partial charge in [-0.05, 0) is 97.1 Å². The van der Waals surface area contributed by atoms with Crippen LogP contribution in [0.15, 0.2) is 170 Å². The second kappa shape index (κ2) is 11.2. The average molecular weight is 619 g/mol. The molecular formula is C44H34N4. The van der Waals surface area contributed by atoms with Gasteiger partial charge in [0.25, 0.3) is 0 Å². The lowest BCUT2D eigenvalue weighted by Crippen LogP contribution is -2.09. The maximum absolute atomic E-state index is 2.39. The van der Waals surface area contributed by atoms with Gasteiger partial charge in [-0.25, -0.2) is 0 Å². The number of aryl methyl sites for hydroxylation is 2. The molecule has 230 valence electrons. The zero-order chi connectivity index (χ0) is 32.2. The quantitative estimate of drug-likeness (QED) is 0.184. The van der Waals surface area contributed by atoms with Crippen LogP contribution in [0.5, 0.6) is 0 Å². The van der Waals surface area contributed by atoms with E-state index in [0.29, 0.717) is 0 Å². The van der Waals surface area contributed by atoms with Gasteiger partial charge in [0.15, 0.2) is 0 Å². The van der Waals surface area contributed by atoms with Gasteiger partial charge < -0.3 is 18.9 Å². The summed E-state index contributed by atoms with van der Waals surface area (Å²) in [5.41, 5.74) is 11.7. The molecular weight excluding hydrogens is 585 g/mol. The molecule has 0 atom stereocenters. The Morgan fingerprint density at radius 3 is 0.896 bits per heavy atom. The number of hydrogen-bond donors (Lipinski definition) is 0. The Hall–Kier alpha value is -6.26. The van der Waals surface area contributed by atoms with Gasteiger partial charge in [-0.15, -0.1) is 0 Å². The van der Waals surface area contributed by atoms with Crippen LogP contribution in [-0.2, 0) is 14.1 Å². The molecule has 0 spiro atoms. The van der Waals surface area contributed by atoms with Gasteiger partial charge in [-0.2, -0.15) is 0 Å². The summed E-state index contributed by atoms with van der Waals surface area (Å²) in [6, 6.07) is 60.9. The van der Waals surface area contributed by atoms with Gasteiger partial charge in [0, 0.05) is 91.8 Å². The Labute approximate surface area is 279 Å². The van der Waals surface area contributed by atoms with Crippen LogP contribution in [0.4, 0.5) is 34.1 Å². The molecule has 0 saturated carbocycles. The Morgan fingerprint density at radius 1 is 0.292 bits per heavy atom. The molecule has 9 aromatic rings. The van der Waals surface area contributed by atoms with Crippen molar-refractivity contribution in [1.29, 1.82) is 0 Å². The molecule has 0 aliphatic heterocycles. The Morgan fingerprint density at radius 2 is 0.583 bits per heavy atom. The number of aromatic nitrogens is 2. The first kappa shape index (κ1) is 28.0. The van der Waals surface area contributed by atoms with Crippen molar-refractivity contribution in [2.24, 2.45) is 14.1 Å². The van der Waals surface area contributed by atoms with Gasteiger partial charge in [0.2, 0.25) is 0 Å². The van der Waals surface area contributed by atoms with Crippen molar-refractivity contribution in [2.45, 2.75) is 0 Å². The van der Waals surface area contributed by atoms with Crippen molar-refractivity contribution in [3.05, 3.63) is 170 Å². The third kappa shape index (κ3) is 4.45. The number of fused-ring (bicyclic) bond motifs is 6. The smallest absolute Gasteiger partial charge is 0.0496 e. The molecule has 2 heterocycles. The first-order chi connectivity index (χ1) is 23.7. The van der Waals surface area contributed by atoms with Crippen molar-refractivity contribution in [1.82, 2.24) is 9.13 Å². The van der Waals surface area contributed by atoms with Crippen LogP contribution in [-0.4, -0.2) is 9.13 Å². The normalized spacial score (nSPS) is 11.5. The second-order valence-electron chi connectivity index (χ2n) is 12.4. The largest absolute Gasteiger partial charge is 0.344 e. The molecule has 2 aromatic heterocycles. The minimum Gasteiger partial charge on any atom is -0.344 e. The van der Waals surface area contributed by atoms with E-state index in [2.05, 4.69) is 203 Å². The van der Waals surface area contributed by atoms with E-state index >= 15 is 0 Å². The van der Waals surface area contributed by atoms with Gasteiger partial charge in [0.05, 0.1) is 0 Å². The molecule has 48 heavy (non-hydrogen) atoms. The topological polar surface area (TPSA) is 16.3 Å². The first-order valence-corrected chi connectivity index (χ1v) is 16.4. The van der Waals surface area contributed by atoms with Gasteiger partial charge in [-0.1, -0.05) is 72.8 Å². The summed E-state index contributed by atoms with van der Waals surface area (Å²) < 4.78 is 4.68. The lowest BCUT2D eigenvalue weighted by molar-refractivity contribution is 1.01. The highest BCUT2D eigenvalue weighted by molar-refractivity contribution is 6.18. The number of hydrogen-bond acceptors (Lipinski definition) is 2. The molecule has 4 heteroatoms. The Balaban J connectivity index is 1.24. The van der Waals surface area contributed by atoms with Crippen LogP contribution in [0, 0.1) is 0 Å². The summed E-state index contributed by atoms with van der Waals surface area (Å²) in [4.78, 5) is 4.67. The average Bonchev–Trinajstić information content (AvgIpc) is 3.58. The van der Waals surface area contributed by atoms with Crippen molar-refractivity contribution >= 4 is 77.7 Å². The molecule has 0 amide bonds. The fourth-order valence-electron chi connectivity index (χ4n) is 7.37. The van der Waals surface area contributed by atoms with Crippen LogP contribution >= 0.6 is 0 Å². The van der Waals surface area contributed by atoms with E-state index in [1.54, 1.807) is 0 Å². The third-order valence-corrected chi connectivity index (χ3v) is 9.67. The summed E-state index contributed by atoms with van der Waals surface area (Å²) in [6.45, 7) is 0. The maximum Gasteiger partial charge on any atom is 0.0496 e. The van der Waals surface area contributed by atoms with Crippen molar-refractivity contribution in [2.75, 3.05) is 9.80 Å². The fraction of sp³-hybridized carbons (Fsp3) is 0.0455. The van der Waals surface area contributed by atoms with E-state index in [0.717, 1.165) is 34.1 Å². The molecule has 0 fully saturated rings. The highest BCUT2D eigenvalue weighted by Crippen LogP contribution is 2.42. The standard InChI is InChI=1S/C44H34N4/c1-45-41-25-23-35(47(31-15-7-3-8-16-31)32-17-9-4-10-18-32)27-37(41)39-30-44-40(29-43(39)45)38-28-36(24-26-42(38)46(44)2)48(33-19-11-5-12-20-33)34-21-13-6-14-22-34/h3-30H,1-2H3. The van der Waals surface area contributed by atoms with Crippen LogP contribution in [0.1, 0.15) is 0 Å². The van der Waals surface area contributed by atoms with Crippen LogP contribution in [0.3, 0.4) is 0 Å². The number of anilines is 6. The van der Waals surface area contributed by atoms with E-state index < -0.39 is 0 Å². The Bertz CT molecular complexity index is 2310. The predicted octanol–water partition coefficient (Wildman–Crippen LogP) is 11.9. The first-order valence-electron chi connectivity index (χ1n) is 16.4. The molecule has 4 nitrogen and oxygen atoms in total. The lowest BCUT2D eigenvalue weighted by Gasteiger charge is -2.25. The van der Waals surface area contributed by atoms with Crippen LogP contribution in [0.25, 0.3) is 43.6 Å². The number of nitrogens with zero attached hydrogens (tertiary/aromatic N) is 4. The fourth-order valence-corrected chi connectivity index (χ4v) is 7.37. The second-order valence-corrected chi connectivity index (χ2v) is 12.4. The number of para-hydroxylation sites is 4. The van der Waals surface area contributed by atoms with E-state index in [-0.39, 0.29) is 0 Å². The zero-order valence-corrected chi connectivity index (χ0v) is 27.0. The molecule has 0 unspecified atom stereocenters. The monoisotopic (exact) mass is 618 g/mol. The maximum atomic E-state index is 2.39. The molecule has 0 N–H and O–H groups in total. The minimum atomic E-state index is 1.13. The van der Waals surface area contributed by atoms with E-state index in [1.165, 1.54) is 43.6 Å². The molecule has 0 radical (unpaired) electrons. The summed E-state index contributed by atoms with van der Waals surface area (Å²) in [5, 5.41) is 5.00. The molecule has 0 saturated heterocycles. The highest BCUT2D eigenvalue weighted by atomic mass is 15.1. The number of rotatable bonds is 6. The highest BCUT2D eigenvalue weighted by Gasteiger charge is 2.19. The van der Waals surface area contributed by atoms with Crippen molar-refractivity contribution < 1.29 is 0 Å². The van der Waals surface area contributed by atoms with E-state index in [4.69, 9.17) is 0 Å². The van der Waals surface area contributed by atoms with E-state index in [1.807, 2.05) is 0 Å². The van der Waals surface area contributed by atoms with Gasteiger partial charge in [0.1, 0.15) is 0 Å². The van der Waals surface area contributed by atoms with E-state index in [9.17, 15) is 0 Å². The van der Waals surface area contributed by atoms with Crippen molar-refractivity contribution in [3.8, 4) is 0 Å². The minimum absolute atomic E-state index is 1.13. The summed E-state index contributed by atoms with van der Waals surface area (Å²) in [7, 11) is 4.37. The summed E-state index contributed by atoms with van der Waals surface area (Å²) >= 11 is 0. The molecule has 0 aliphatic carbocycles. The molecule has 7 aromatic carbocycles. The Kier molecular flexibility index (Phi) is 6.54. The van der Waals surface area contributed by atoms with Gasteiger partial charge >= 0.3 is 0 Å². The number of benzene rings is 7. The third-order valence-electron chi connectivity index (χ3n) is 9.67. The summed E-state index contributed by atoms with van der Waals surface area (Å²) in [6.07, 6.45) is 0. The SMILES string of the molecule is Cn1c2ccc(N(c3ccccc3)c3ccccc3)cc2c2cc3c(cc21)c1cc(N(c2ccccc2)c2ccccc2)ccc1n3C. The predicted molar refractivity (Wildman–Crippen MR) is 204 cm³/mol. The summed E-state index contributed by atoms with van der Waals surface area (Å²) in [5.74, 6) is 0. The lowest BCUT2D eigenvalue weighted by atomic mass is 10.1. The molecule has 9 rings (SSSR count). The van der Waals surface area contributed by atoms with Crippen LogP contribution in [0.2, 0.25) is 0 Å². The zero-order valence-electron chi connectivity index (χ0n) is 27.0. The molecule has 0 aliphatic rings. The van der Waals surface area contributed by atoms with Crippen molar-refractivity contribution in [3.63, 3.8) is 0 Å².